The highest BCUT2D eigenvalue weighted by Crippen LogP contribution is 2.27. The van der Waals surface area contributed by atoms with Crippen molar-refractivity contribution in [2.75, 3.05) is 13.1 Å². The first-order valence-corrected chi connectivity index (χ1v) is 9.16. The van der Waals surface area contributed by atoms with Crippen LogP contribution in [0.4, 0.5) is 0 Å². The monoisotopic (exact) mass is 354 g/mol. The summed E-state index contributed by atoms with van der Waals surface area (Å²) < 4.78 is 5.23. The van der Waals surface area contributed by atoms with Gasteiger partial charge in [-0.1, -0.05) is 12.1 Å². The Labute approximate surface area is 154 Å². The van der Waals surface area contributed by atoms with Crippen LogP contribution in [0.25, 0.3) is 0 Å². The molecule has 1 aromatic carbocycles. The number of benzene rings is 1. The van der Waals surface area contributed by atoms with Crippen LogP contribution in [0.1, 0.15) is 41.4 Å². The van der Waals surface area contributed by atoms with Crippen LogP contribution < -0.4 is 16.0 Å². The minimum atomic E-state index is -0.119. The zero-order valence-corrected chi connectivity index (χ0v) is 15.1. The standard InChI is InChI=1S/C20H26N4O2/c1-2-21-20(23-12-15-8-9-15)24-13-16-5-3-6-17(11-16)19(25)22-14-18-7-4-10-26-18/h3-7,10-11,15H,2,8-9,12-14H2,1H3,(H,22,25)(H2,21,23,24). The van der Waals surface area contributed by atoms with Crippen molar-refractivity contribution in [3.8, 4) is 0 Å². The number of carbonyl (C=O) groups is 1. The third kappa shape index (κ3) is 5.65. The molecule has 0 spiro atoms. The largest absolute Gasteiger partial charge is 0.467 e. The molecule has 0 bridgehead atoms. The first kappa shape index (κ1) is 18.0. The van der Waals surface area contributed by atoms with Crippen molar-refractivity contribution in [3.63, 3.8) is 0 Å². The number of carbonyl (C=O) groups excluding carboxylic acids is 1. The number of aliphatic imine (C=N–C) groups is 1. The van der Waals surface area contributed by atoms with E-state index in [2.05, 4.69) is 27.9 Å². The van der Waals surface area contributed by atoms with Crippen LogP contribution in [-0.2, 0) is 13.1 Å². The van der Waals surface area contributed by atoms with Crippen molar-refractivity contribution in [2.24, 2.45) is 10.9 Å². The molecule has 0 unspecified atom stereocenters. The fourth-order valence-electron chi connectivity index (χ4n) is 2.57. The lowest BCUT2D eigenvalue weighted by Gasteiger charge is -2.11. The van der Waals surface area contributed by atoms with Crippen LogP contribution in [0.15, 0.2) is 52.1 Å². The van der Waals surface area contributed by atoms with Crippen molar-refractivity contribution in [1.82, 2.24) is 16.0 Å². The van der Waals surface area contributed by atoms with Crippen molar-refractivity contribution in [1.29, 1.82) is 0 Å². The average Bonchev–Trinajstić information content (AvgIpc) is 3.35. The number of furan rings is 1. The van der Waals surface area contributed by atoms with Gasteiger partial charge in [0.25, 0.3) is 5.91 Å². The first-order valence-electron chi connectivity index (χ1n) is 9.16. The van der Waals surface area contributed by atoms with E-state index < -0.39 is 0 Å². The molecule has 6 nitrogen and oxygen atoms in total. The number of rotatable bonds is 8. The normalized spacial score (nSPS) is 14.1. The Bertz CT molecular complexity index is 736. The molecule has 1 aliphatic rings. The molecule has 1 fully saturated rings. The van der Waals surface area contributed by atoms with E-state index >= 15 is 0 Å². The number of nitrogens with one attached hydrogen (secondary N) is 3. The van der Waals surface area contributed by atoms with Gasteiger partial charge in [0.05, 0.1) is 19.4 Å². The summed E-state index contributed by atoms with van der Waals surface area (Å²) >= 11 is 0. The molecule has 3 rings (SSSR count). The molecule has 0 saturated heterocycles. The van der Waals surface area contributed by atoms with E-state index in [-0.39, 0.29) is 5.91 Å². The molecule has 6 heteroatoms. The maximum absolute atomic E-state index is 12.3. The van der Waals surface area contributed by atoms with Crippen molar-refractivity contribution in [3.05, 3.63) is 59.5 Å². The maximum atomic E-state index is 12.3. The van der Waals surface area contributed by atoms with E-state index in [4.69, 9.17) is 4.42 Å². The van der Waals surface area contributed by atoms with Gasteiger partial charge in [-0.2, -0.15) is 0 Å². The second-order valence-corrected chi connectivity index (χ2v) is 6.48. The number of hydrogen-bond acceptors (Lipinski definition) is 3. The van der Waals surface area contributed by atoms with Gasteiger partial charge >= 0.3 is 0 Å². The summed E-state index contributed by atoms with van der Waals surface area (Å²) in [7, 11) is 0. The summed E-state index contributed by atoms with van der Waals surface area (Å²) in [6, 6.07) is 11.2. The van der Waals surface area contributed by atoms with Crippen LogP contribution in [0, 0.1) is 5.92 Å². The molecule has 2 aromatic rings. The molecule has 1 heterocycles. The maximum Gasteiger partial charge on any atom is 0.251 e. The highest BCUT2D eigenvalue weighted by molar-refractivity contribution is 5.94. The molecule has 138 valence electrons. The Hall–Kier alpha value is -2.76. The summed E-state index contributed by atoms with van der Waals surface area (Å²) in [5.74, 6) is 2.23. The molecule has 26 heavy (non-hydrogen) atoms. The van der Waals surface area contributed by atoms with E-state index in [1.165, 1.54) is 12.8 Å². The fraction of sp³-hybridized carbons (Fsp3) is 0.400. The predicted octanol–water partition coefficient (Wildman–Crippen LogP) is 2.67. The van der Waals surface area contributed by atoms with Crippen molar-refractivity contribution < 1.29 is 9.21 Å². The topological polar surface area (TPSA) is 78.7 Å². The lowest BCUT2D eigenvalue weighted by atomic mass is 10.1. The van der Waals surface area contributed by atoms with Gasteiger partial charge in [0.2, 0.25) is 0 Å². The highest BCUT2D eigenvalue weighted by atomic mass is 16.3. The van der Waals surface area contributed by atoms with Gasteiger partial charge in [0.1, 0.15) is 5.76 Å². The molecule has 1 aliphatic carbocycles. The molecule has 3 N–H and O–H groups in total. The fourth-order valence-corrected chi connectivity index (χ4v) is 2.57. The molecule has 1 amide bonds. The molecule has 0 atom stereocenters. The number of guanidine groups is 1. The number of nitrogens with zero attached hydrogens (tertiary/aromatic N) is 1. The minimum Gasteiger partial charge on any atom is -0.467 e. The van der Waals surface area contributed by atoms with Crippen LogP contribution in [0.3, 0.4) is 0 Å². The molecular formula is C20H26N4O2. The zero-order chi connectivity index (χ0) is 18.2. The third-order valence-electron chi connectivity index (χ3n) is 4.21. The van der Waals surface area contributed by atoms with E-state index in [1.54, 1.807) is 18.4 Å². The Balaban J connectivity index is 1.56. The SMILES string of the molecule is CCNC(=NCc1cccc(C(=O)NCc2ccco2)c1)NCC1CC1. The zero-order valence-electron chi connectivity index (χ0n) is 15.1. The van der Waals surface area contributed by atoms with Gasteiger partial charge in [-0.15, -0.1) is 0 Å². The quantitative estimate of drug-likeness (QED) is 0.503. The third-order valence-corrected chi connectivity index (χ3v) is 4.21. The van der Waals surface area contributed by atoms with E-state index in [9.17, 15) is 4.79 Å². The van der Waals surface area contributed by atoms with E-state index in [1.807, 2.05) is 24.3 Å². The lowest BCUT2D eigenvalue weighted by Crippen LogP contribution is -2.38. The summed E-state index contributed by atoms with van der Waals surface area (Å²) in [6.45, 7) is 4.76. The van der Waals surface area contributed by atoms with Gasteiger partial charge in [0.15, 0.2) is 5.96 Å². The first-order chi connectivity index (χ1) is 12.7. The van der Waals surface area contributed by atoms with Crippen LogP contribution >= 0.6 is 0 Å². The van der Waals surface area contributed by atoms with Gasteiger partial charge in [-0.05, 0) is 55.5 Å². The Morgan fingerprint density at radius 2 is 2.08 bits per heavy atom. The Kier molecular flexibility index (Phi) is 6.30. The minimum absolute atomic E-state index is 0.119. The Morgan fingerprint density at radius 1 is 1.19 bits per heavy atom. The second-order valence-electron chi connectivity index (χ2n) is 6.48. The molecule has 0 radical (unpaired) electrons. The lowest BCUT2D eigenvalue weighted by molar-refractivity contribution is 0.0948. The second kappa shape index (κ2) is 9.08. The summed E-state index contributed by atoms with van der Waals surface area (Å²) in [5, 5.41) is 9.49. The Morgan fingerprint density at radius 3 is 2.81 bits per heavy atom. The van der Waals surface area contributed by atoms with Crippen LogP contribution in [0.2, 0.25) is 0 Å². The average molecular weight is 354 g/mol. The van der Waals surface area contributed by atoms with Crippen LogP contribution in [-0.4, -0.2) is 25.0 Å². The molecule has 0 aliphatic heterocycles. The molecule has 1 saturated carbocycles. The number of amides is 1. The highest BCUT2D eigenvalue weighted by Gasteiger charge is 2.21. The van der Waals surface area contributed by atoms with Gasteiger partial charge in [-0.25, -0.2) is 4.99 Å². The molecular weight excluding hydrogens is 328 g/mol. The van der Waals surface area contributed by atoms with E-state index in [0.29, 0.717) is 18.7 Å². The molecule has 1 aromatic heterocycles. The van der Waals surface area contributed by atoms with Crippen molar-refractivity contribution >= 4 is 11.9 Å². The van der Waals surface area contributed by atoms with Gasteiger partial charge in [-0.3, -0.25) is 4.79 Å². The van der Waals surface area contributed by atoms with Crippen molar-refractivity contribution in [2.45, 2.75) is 32.9 Å². The van der Waals surface area contributed by atoms with Crippen LogP contribution in [0.5, 0.6) is 0 Å². The predicted molar refractivity (Wildman–Crippen MR) is 102 cm³/mol. The summed E-state index contributed by atoms with van der Waals surface area (Å²) in [5.41, 5.74) is 1.62. The van der Waals surface area contributed by atoms with Gasteiger partial charge < -0.3 is 20.4 Å². The summed E-state index contributed by atoms with van der Waals surface area (Å²) in [4.78, 5) is 16.9. The smallest absolute Gasteiger partial charge is 0.251 e. The number of hydrogen-bond donors (Lipinski definition) is 3. The van der Waals surface area contributed by atoms with Gasteiger partial charge in [0, 0.05) is 18.7 Å². The van der Waals surface area contributed by atoms with E-state index in [0.717, 1.165) is 36.3 Å². The summed E-state index contributed by atoms with van der Waals surface area (Å²) in [6.07, 6.45) is 4.21.